The maximum absolute atomic E-state index is 12.4. The van der Waals surface area contributed by atoms with Crippen LogP contribution in [0.2, 0.25) is 0 Å². The molecule has 0 saturated heterocycles. The minimum Gasteiger partial charge on any atom is -0.289 e. The van der Waals surface area contributed by atoms with Gasteiger partial charge in [-0.3, -0.25) is 10.1 Å². The summed E-state index contributed by atoms with van der Waals surface area (Å²) in [5.41, 5.74) is 8.94. The van der Waals surface area contributed by atoms with E-state index in [0.717, 1.165) is 18.4 Å². The van der Waals surface area contributed by atoms with Gasteiger partial charge < -0.3 is 0 Å². The number of hydrogen-bond acceptors (Lipinski definition) is 4. The zero-order valence-electron chi connectivity index (χ0n) is 21.3. The zero-order chi connectivity index (χ0) is 24.7. The van der Waals surface area contributed by atoms with E-state index < -0.39 is 0 Å². The van der Waals surface area contributed by atoms with Crippen molar-refractivity contribution in [1.29, 1.82) is 0 Å². The molecule has 3 aromatic rings. The summed E-state index contributed by atoms with van der Waals surface area (Å²) in [5.74, 6) is 0.554. The number of benzene rings is 2. The van der Waals surface area contributed by atoms with Crippen molar-refractivity contribution in [3.05, 3.63) is 69.8 Å². The number of anilines is 1. The molecule has 0 aliphatic heterocycles. The highest BCUT2D eigenvalue weighted by Gasteiger charge is 2.42. The van der Waals surface area contributed by atoms with Gasteiger partial charge in [-0.2, -0.15) is 0 Å². The van der Waals surface area contributed by atoms with Crippen LogP contribution in [0.15, 0.2) is 36.4 Å². The fourth-order valence-corrected chi connectivity index (χ4v) is 5.49. The Bertz CT molecular complexity index is 1220. The minimum absolute atomic E-state index is 0.165. The molecule has 34 heavy (non-hydrogen) atoms. The van der Waals surface area contributed by atoms with Gasteiger partial charge in [-0.15, -0.1) is 0 Å². The summed E-state index contributed by atoms with van der Waals surface area (Å²) in [6, 6.07) is 12.5. The number of carbonyl (C=O) groups is 1. The van der Waals surface area contributed by atoms with Gasteiger partial charge >= 0.3 is 0 Å². The summed E-state index contributed by atoms with van der Waals surface area (Å²) < 4.78 is 0. The SMILES string of the molecule is CC(=Cc1ccc(C(=O)Nc2nnn[nH]2)cc1)c1cc2c(cc1CC(C)C)C(C)(C)CC2(C)C. The van der Waals surface area contributed by atoms with Crippen molar-refractivity contribution < 1.29 is 4.79 Å². The number of nitrogens with zero attached hydrogens (tertiary/aromatic N) is 3. The largest absolute Gasteiger partial charge is 0.289 e. The second-order valence-electron chi connectivity index (χ2n) is 11.3. The highest BCUT2D eigenvalue weighted by molar-refractivity contribution is 6.03. The number of rotatable bonds is 6. The van der Waals surface area contributed by atoms with E-state index in [1.165, 1.54) is 27.8 Å². The molecule has 2 N–H and O–H groups in total. The molecule has 1 aromatic heterocycles. The van der Waals surface area contributed by atoms with E-state index in [1.807, 2.05) is 24.3 Å². The number of nitrogens with one attached hydrogen (secondary N) is 2. The highest BCUT2D eigenvalue weighted by Crippen LogP contribution is 2.50. The van der Waals surface area contributed by atoms with Gasteiger partial charge in [-0.05, 0) is 92.5 Å². The van der Waals surface area contributed by atoms with Crippen LogP contribution in [-0.4, -0.2) is 26.5 Å². The second-order valence-corrected chi connectivity index (χ2v) is 11.3. The first-order valence-electron chi connectivity index (χ1n) is 12.0. The lowest BCUT2D eigenvalue weighted by Crippen LogP contribution is -2.18. The molecule has 1 amide bonds. The third-order valence-electron chi connectivity index (χ3n) is 6.77. The Kier molecular flexibility index (Phi) is 6.19. The predicted octanol–water partition coefficient (Wildman–Crippen LogP) is 6.17. The maximum atomic E-state index is 12.4. The quantitative estimate of drug-likeness (QED) is 0.434. The molecule has 178 valence electrons. The van der Waals surface area contributed by atoms with E-state index in [9.17, 15) is 4.79 Å². The number of carbonyl (C=O) groups excluding carboxylic acids is 1. The number of hydrogen-bond donors (Lipinski definition) is 2. The summed E-state index contributed by atoms with van der Waals surface area (Å²) in [5, 5.41) is 15.8. The highest BCUT2D eigenvalue weighted by atomic mass is 16.1. The third kappa shape index (κ3) is 4.81. The standard InChI is InChI=1S/C28H35N5O/c1-17(2)12-21-14-23-24(28(6,7)16-27(23,4)5)15-22(21)18(3)13-19-8-10-20(11-9-19)25(34)29-26-30-32-33-31-26/h8-11,13-15,17H,12,16H2,1-7H3,(H2,29,30,31,32,33,34). The fraction of sp³-hybridized carbons (Fsp3) is 0.429. The van der Waals surface area contributed by atoms with Crippen LogP contribution in [0.1, 0.15) is 93.1 Å². The Labute approximate surface area is 202 Å². The van der Waals surface area contributed by atoms with Crippen molar-refractivity contribution >= 4 is 23.5 Å². The van der Waals surface area contributed by atoms with Gasteiger partial charge in [0.05, 0.1) is 0 Å². The van der Waals surface area contributed by atoms with Crippen molar-refractivity contribution in [3.8, 4) is 0 Å². The van der Waals surface area contributed by atoms with Gasteiger partial charge in [0.25, 0.3) is 5.91 Å². The van der Waals surface area contributed by atoms with Crippen molar-refractivity contribution in [1.82, 2.24) is 20.6 Å². The predicted molar refractivity (Wildman–Crippen MR) is 138 cm³/mol. The normalized spacial score (nSPS) is 16.5. The van der Waals surface area contributed by atoms with Crippen LogP contribution >= 0.6 is 0 Å². The van der Waals surface area contributed by atoms with E-state index in [0.29, 0.717) is 11.5 Å². The van der Waals surface area contributed by atoms with Crippen molar-refractivity contribution in [2.45, 2.75) is 72.1 Å². The first-order valence-corrected chi connectivity index (χ1v) is 12.0. The Morgan fingerprint density at radius 2 is 1.74 bits per heavy atom. The molecule has 6 heteroatoms. The lowest BCUT2D eigenvalue weighted by atomic mass is 9.82. The summed E-state index contributed by atoms with van der Waals surface area (Å²) >= 11 is 0. The molecule has 0 bridgehead atoms. The number of allylic oxidation sites excluding steroid dienone is 1. The molecule has 0 atom stereocenters. The molecule has 1 aliphatic rings. The molecule has 0 radical (unpaired) electrons. The van der Waals surface area contributed by atoms with Gasteiger partial charge in [0.15, 0.2) is 0 Å². The topological polar surface area (TPSA) is 83.6 Å². The van der Waals surface area contributed by atoms with Crippen molar-refractivity contribution in [3.63, 3.8) is 0 Å². The molecule has 1 aliphatic carbocycles. The number of tetrazole rings is 1. The first-order chi connectivity index (χ1) is 16.0. The minimum atomic E-state index is -0.256. The smallest absolute Gasteiger partial charge is 0.258 e. The van der Waals surface area contributed by atoms with Crippen LogP contribution in [0.5, 0.6) is 0 Å². The summed E-state index contributed by atoms with van der Waals surface area (Å²) in [6.07, 6.45) is 4.43. The van der Waals surface area contributed by atoms with Crippen LogP contribution in [0, 0.1) is 5.92 Å². The van der Waals surface area contributed by atoms with Gasteiger partial charge in [0.1, 0.15) is 0 Å². The second kappa shape index (κ2) is 8.82. The Morgan fingerprint density at radius 1 is 1.09 bits per heavy atom. The zero-order valence-corrected chi connectivity index (χ0v) is 21.3. The molecule has 6 nitrogen and oxygen atoms in total. The number of aromatic amines is 1. The van der Waals surface area contributed by atoms with Crippen LogP contribution in [0.3, 0.4) is 0 Å². The van der Waals surface area contributed by atoms with Crippen LogP contribution < -0.4 is 5.32 Å². The average molecular weight is 458 g/mol. The van der Waals surface area contributed by atoms with E-state index in [1.54, 1.807) is 0 Å². The fourth-order valence-electron chi connectivity index (χ4n) is 5.49. The molecule has 0 unspecified atom stereocenters. The van der Waals surface area contributed by atoms with Crippen molar-refractivity contribution in [2.75, 3.05) is 5.32 Å². The maximum Gasteiger partial charge on any atom is 0.258 e. The van der Waals surface area contributed by atoms with Crippen LogP contribution in [-0.2, 0) is 17.3 Å². The molecular weight excluding hydrogens is 422 g/mol. The van der Waals surface area contributed by atoms with Gasteiger partial charge in [-0.25, -0.2) is 5.10 Å². The molecule has 4 rings (SSSR count). The van der Waals surface area contributed by atoms with Gasteiger partial charge in [0, 0.05) is 5.56 Å². The first kappa shape index (κ1) is 23.9. The number of H-pyrrole nitrogens is 1. The van der Waals surface area contributed by atoms with E-state index in [2.05, 4.69) is 92.6 Å². The monoisotopic (exact) mass is 457 g/mol. The Hall–Kier alpha value is -3.28. The Balaban J connectivity index is 1.66. The lowest BCUT2D eigenvalue weighted by Gasteiger charge is -2.22. The number of amides is 1. The van der Waals surface area contributed by atoms with Gasteiger partial charge in [0.2, 0.25) is 5.95 Å². The number of fused-ring (bicyclic) bond motifs is 1. The van der Waals surface area contributed by atoms with Crippen molar-refractivity contribution in [2.24, 2.45) is 5.92 Å². The summed E-state index contributed by atoms with van der Waals surface area (Å²) in [4.78, 5) is 12.4. The molecule has 0 saturated carbocycles. The molecular formula is C28H35N5O. The van der Waals surface area contributed by atoms with Crippen LogP contribution in [0.25, 0.3) is 11.6 Å². The average Bonchev–Trinajstić information content (AvgIpc) is 3.31. The summed E-state index contributed by atoms with van der Waals surface area (Å²) in [7, 11) is 0. The molecule has 0 spiro atoms. The van der Waals surface area contributed by atoms with E-state index in [-0.39, 0.29) is 22.7 Å². The van der Waals surface area contributed by atoms with Gasteiger partial charge in [-0.1, -0.05) is 77.0 Å². The lowest BCUT2D eigenvalue weighted by molar-refractivity contribution is 0.102. The van der Waals surface area contributed by atoms with E-state index in [4.69, 9.17) is 0 Å². The number of aromatic nitrogens is 4. The molecule has 2 aromatic carbocycles. The van der Waals surface area contributed by atoms with Crippen LogP contribution in [0.4, 0.5) is 5.95 Å². The van der Waals surface area contributed by atoms with E-state index >= 15 is 0 Å². The summed E-state index contributed by atoms with van der Waals surface area (Å²) in [6.45, 7) is 16.2. The third-order valence-corrected chi connectivity index (χ3v) is 6.77. The molecule has 1 heterocycles. The molecule has 0 fully saturated rings. The Morgan fingerprint density at radius 3 is 2.32 bits per heavy atom.